The van der Waals surface area contributed by atoms with E-state index in [0.717, 1.165) is 6.54 Å². The van der Waals surface area contributed by atoms with Gasteiger partial charge in [0.2, 0.25) is 0 Å². The van der Waals surface area contributed by atoms with Crippen LogP contribution in [0.15, 0.2) is 23.1 Å². The van der Waals surface area contributed by atoms with E-state index >= 15 is 0 Å². The van der Waals surface area contributed by atoms with Gasteiger partial charge in [-0.1, -0.05) is 26.3 Å². The monoisotopic (exact) mass is 265 g/mol. The minimum atomic E-state index is 0.617. The Bertz CT molecular complexity index is 362. The Hall–Kier alpha value is -0.470. The molecule has 0 spiro atoms. The van der Waals surface area contributed by atoms with Crippen LogP contribution < -0.4 is 5.32 Å². The van der Waals surface area contributed by atoms with E-state index in [1.54, 1.807) is 0 Å². The molecule has 0 amide bonds. The number of hydrogen-bond acceptors (Lipinski definition) is 2. The standard InChI is InChI=1S/C16H27NS/c1-6-7-14(4)17-11-15(5)18-16-9-8-12(2)13(3)10-16/h8-10,14-15,17H,6-7,11H2,1-5H3. The minimum Gasteiger partial charge on any atom is -0.313 e. The van der Waals surface area contributed by atoms with Crippen LogP contribution in [0.5, 0.6) is 0 Å². The Morgan fingerprint density at radius 3 is 2.50 bits per heavy atom. The van der Waals surface area contributed by atoms with Crippen LogP contribution in [0.25, 0.3) is 0 Å². The summed E-state index contributed by atoms with van der Waals surface area (Å²) in [5, 5.41) is 4.23. The number of nitrogens with one attached hydrogen (secondary N) is 1. The van der Waals surface area contributed by atoms with Gasteiger partial charge in [0.05, 0.1) is 0 Å². The molecular weight excluding hydrogens is 238 g/mol. The van der Waals surface area contributed by atoms with Gasteiger partial charge in [0.25, 0.3) is 0 Å². The smallest absolute Gasteiger partial charge is 0.0191 e. The van der Waals surface area contributed by atoms with Crippen molar-refractivity contribution < 1.29 is 0 Å². The SMILES string of the molecule is CCCC(C)NCC(C)Sc1ccc(C)c(C)c1. The molecule has 2 unspecified atom stereocenters. The number of thioether (sulfide) groups is 1. The summed E-state index contributed by atoms with van der Waals surface area (Å²) >= 11 is 1.96. The third kappa shape index (κ3) is 5.45. The predicted molar refractivity (Wildman–Crippen MR) is 83.6 cm³/mol. The van der Waals surface area contributed by atoms with Gasteiger partial charge < -0.3 is 5.32 Å². The van der Waals surface area contributed by atoms with E-state index in [9.17, 15) is 0 Å². The maximum Gasteiger partial charge on any atom is 0.0191 e. The summed E-state index contributed by atoms with van der Waals surface area (Å²) < 4.78 is 0. The summed E-state index contributed by atoms with van der Waals surface area (Å²) in [6, 6.07) is 7.39. The van der Waals surface area contributed by atoms with E-state index in [1.165, 1.54) is 28.9 Å². The van der Waals surface area contributed by atoms with E-state index in [4.69, 9.17) is 0 Å². The molecule has 0 heterocycles. The van der Waals surface area contributed by atoms with Gasteiger partial charge >= 0.3 is 0 Å². The Labute approximate surface area is 117 Å². The van der Waals surface area contributed by atoms with Crippen molar-refractivity contribution in [1.82, 2.24) is 5.32 Å². The largest absolute Gasteiger partial charge is 0.313 e. The van der Waals surface area contributed by atoms with Crippen molar-refractivity contribution in [2.24, 2.45) is 0 Å². The van der Waals surface area contributed by atoms with Crippen molar-refractivity contribution in [1.29, 1.82) is 0 Å². The van der Waals surface area contributed by atoms with Crippen molar-refractivity contribution in [3.05, 3.63) is 29.3 Å². The van der Waals surface area contributed by atoms with Crippen LogP contribution in [-0.4, -0.2) is 17.8 Å². The summed E-state index contributed by atoms with van der Waals surface area (Å²) in [4.78, 5) is 1.38. The quantitative estimate of drug-likeness (QED) is 0.725. The highest BCUT2D eigenvalue weighted by molar-refractivity contribution is 8.00. The first kappa shape index (κ1) is 15.6. The van der Waals surface area contributed by atoms with Gasteiger partial charge in [0, 0.05) is 22.7 Å². The van der Waals surface area contributed by atoms with Crippen LogP contribution >= 0.6 is 11.8 Å². The van der Waals surface area contributed by atoms with Crippen LogP contribution in [0.1, 0.15) is 44.7 Å². The summed E-state index contributed by atoms with van der Waals surface area (Å²) in [5.74, 6) is 0. The zero-order valence-electron chi connectivity index (χ0n) is 12.4. The highest BCUT2D eigenvalue weighted by Gasteiger charge is 2.07. The lowest BCUT2D eigenvalue weighted by Crippen LogP contribution is -2.31. The highest BCUT2D eigenvalue weighted by atomic mass is 32.2. The van der Waals surface area contributed by atoms with Crippen LogP contribution in [0, 0.1) is 13.8 Å². The molecule has 2 heteroatoms. The fourth-order valence-electron chi connectivity index (χ4n) is 1.96. The second-order valence-electron chi connectivity index (χ2n) is 5.27. The number of benzene rings is 1. The van der Waals surface area contributed by atoms with Gasteiger partial charge in [-0.25, -0.2) is 0 Å². The van der Waals surface area contributed by atoms with E-state index < -0.39 is 0 Å². The Morgan fingerprint density at radius 2 is 1.89 bits per heavy atom. The van der Waals surface area contributed by atoms with Crippen LogP contribution in [0.4, 0.5) is 0 Å². The molecule has 1 aromatic rings. The first-order valence-electron chi connectivity index (χ1n) is 7.00. The normalized spacial score (nSPS) is 14.5. The van der Waals surface area contributed by atoms with E-state index in [2.05, 4.69) is 58.1 Å². The van der Waals surface area contributed by atoms with Crippen LogP contribution in [-0.2, 0) is 0 Å². The van der Waals surface area contributed by atoms with Gasteiger partial charge in [-0.2, -0.15) is 0 Å². The topological polar surface area (TPSA) is 12.0 Å². The highest BCUT2D eigenvalue weighted by Crippen LogP contribution is 2.24. The van der Waals surface area contributed by atoms with Gasteiger partial charge in [0.1, 0.15) is 0 Å². The molecule has 2 atom stereocenters. The van der Waals surface area contributed by atoms with E-state index in [-0.39, 0.29) is 0 Å². The van der Waals surface area contributed by atoms with Gasteiger partial charge in [-0.3, -0.25) is 0 Å². The average molecular weight is 265 g/mol. The number of rotatable bonds is 7. The molecule has 0 radical (unpaired) electrons. The molecule has 0 saturated heterocycles. The van der Waals surface area contributed by atoms with Crippen molar-refractivity contribution in [2.75, 3.05) is 6.54 Å². The lowest BCUT2D eigenvalue weighted by Gasteiger charge is -2.17. The maximum absolute atomic E-state index is 3.61. The first-order chi connectivity index (χ1) is 8.52. The second-order valence-corrected chi connectivity index (χ2v) is 6.78. The lowest BCUT2D eigenvalue weighted by atomic mass is 10.1. The fourth-order valence-corrected chi connectivity index (χ4v) is 3.00. The van der Waals surface area contributed by atoms with Gasteiger partial charge in [-0.15, -0.1) is 11.8 Å². The van der Waals surface area contributed by atoms with Crippen molar-refractivity contribution in [3.63, 3.8) is 0 Å². The molecule has 102 valence electrons. The average Bonchev–Trinajstić information content (AvgIpc) is 2.32. The van der Waals surface area contributed by atoms with E-state index in [1.807, 2.05) is 11.8 Å². The summed E-state index contributed by atoms with van der Waals surface area (Å²) in [7, 11) is 0. The Kier molecular flexibility index (Phi) is 6.80. The molecule has 0 aliphatic heterocycles. The molecule has 0 aromatic heterocycles. The number of aryl methyl sites for hydroxylation is 2. The molecule has 0 saturated carbocycles. The van der Waals surface area contributed by atoms with Crippen LogP contribution in [0.2, 0.25) is 0 Å². The maximum atomic E-state index is 3.61. The Balaban J connectivity index is 2.39. The molecule has 1 nitrogen and oxygen atoms in total. The predicted octanol–water partition coefficient (Wildman–Crippen LogP) is 4.56. The molecule has 1 rings (SSSR count). The second kappa shape index (κ2) is 7.85. The third-order valence-electron chi connectivity index (χ3n) is 3.29. The fraction of sp³-hybridized carbons (Fsp3) is 0.625. The zero-order valence-corrected chi connectivity index (χ0v) is 13.2. The Morgan fingerprint density at radius 1 is 1.17 bits per heavy atom. The molecular formula is C16H27NS. The molecule has 1 N–H and O–H groups in total. The molecule has 0 aliphatic carbocycles. The molecule has 0 bridgehead atoms. The molecule has 18 heavy (non-hydrogen) atoms. The molecule has 1 aromatic carbocycles. The lowest BCUT2D eigenvalue weighted by molar-refractivity contribution is 0.511. The summed E-state index contributed by atoms with van der Waals surface area (Å²) in [6.45, 7) is 12.2. The van der Waals surface area contributed by atoms with Gasteiger partial charge in [-0.05, 0) is 50.5 Å². The van der Waals surface area contributed by atoms with Gasteiger partial charge in [0.15, 0.2) is 0 Å². The molecule has 0 aliphatic rings. The summed E-state index contributed by atoms with van der Waals surface area (Å²) in [6.07, 6.45) is 2.52. The van der Waals surface area contributed by atoms with Crippen LogP contribution in [0.3, 0.4) is 0 Å². The van der Waals surface area contributed by atoms with E-state index in [0.29, 0.717) is 11.3 Å². The third-order valence-corrected chi connectivity index (χ3v) is 4.39. The van der Waals surface area contributed by atoms with Crippen molar-refractivity contribution >= 4 is 11.8 Å². The number of hydrogen-bond donors (Lipinski definition) is 1. The van der Waals surface area contributed by atoms with Crippen molar-refractivity contribution in [3.8, 4) is 0 Å². The van der Waals surface area contributed by atoms with Crippen molar-refractivity contribution in [2.45, 2.75) is 63.6 Å². The first-order valence-corrected chi connectivity index (χ1v) is 7.88. The minimum absolute atomic E-state index is 0.617. The zero-order chi connectivity index (χ0) is 13.5. The molecule has 0 fully saturated rings. The summed E-state index contributed by atoms with van der Waals surface area (Å²) in [5.41, 5.74) is 2.77.